The van der Waals surface area contributed by atoms with Crippen LogP contribution in [-0.4, -0.2) is 42.8 Å². The normalized spacial score (nSPS) is 19.8. The van der Waals surface area contributed by atoms with Crippen LogP contribution >= 0.6 is 7.60 Å². The van der Waals surface area contributed by atoms with Crippen LogP contribution in [0.3, 0.4) is 0 Å². The Morgan fingerprint density at radius 3 is 1.83 bits per heavy atom. The van der Waals surface area contributed by atoms with Gasteiger partial charge >= 0.3 is 18.9 Å². The van der Waals surface area contributed by atoms with Gasteiger partial charge in [0.25, 0.3) is 0 Å². The van der Waals surface area contributed by atoms with Gasteiger partial charge in [0, 0.05) is 0 Å². The maximum absolute atomic E-state index is 11.9. The molecule has 0 spiro atoms. The van der Waals surface area contributed by atoms with Crippen LogP contribution in [-0.2, 0) is 9.36 Å². The predicted molar refractivity (Wildman–Crippen MR) is 31.7 cm³/mol. The van der Waals surface area contributed by atoms with Crippen LogP contribution in [0.1, 0.15) is 0 Å². The highest BCUT2D eigenvalue weighted by Gasteiger charge is 2.59. The zero-order chi connectivity index (χ0) is 10.2. The van der Waals surface area contributed by atoms with Gasteiger partial charge in [0.05, 0.1) is 0 Å². The summed E-state index contributed by atoms with van der Waals surface area (Å²) >= 11 is 0. The Hall–Kier alpha value is -0.530. The summed E-state index contributed by atoms with van der Waals surface area (Å²) in [5, 5.41) is 20.4. The van der Waals surface area contributed by atoms with Crippen molar-refractivity contribution in [2.24, 2.45) is 0 Å². The van der Waals surface area contributed by atoms with Crippen LogP contribution in [0.2, 0.25) is 0 Å². The van der Waals surface area contributed by atoms with Gasteiger partial charge in [0.15, 0.2) is 0 Å². The van der Waals surface area contributed by atoms with Gasteiger partial charge in [-0.1, -0.05) is 0 Å². The third-order valence-electron chi connectivity index (χ3n) is 1.09. The summed E-state index contributed by atoms with van der Waals surface area (Å²) in [6.07, 6.45) is -3.56. The first kappa shape index (κ1) is 11.5. The number of aliphatic hydroxyl groups is 2. The summed E-state index contributed by atoms with van der Waals surface area (Å²) < 4.78 is 22.1. The Balaban J connectivity index is 5.17. The average Bonchev–Trinajstić information content (AvgIpc) is 1.82. The molecule has 0 heterocycles. The number of halogens is 1. The maximum Gasteiger partial charge on any atom is 0.374 e. The van der Waals surface area contributed by atoms with Gasteiger partial charge in [0.2, 0.25) is 6.36 Å². The van der Waals surface area contributed by atoms with Gasteiger partial charge < -0.3 is 25.1 Å². The number of aliphatic hydroxyl groups excluding tert-OH is 1. The second-order valence-electron chi connectivity index (χ2n) is 1.91. The van der Waals surface area contributed by atoms with Crippen LogP contribution in [0.15, 0.2) is 0 Å². The largest absolute Gasteiger partial charge is 0.478 e. The molecule has 0 bridgehead atoms. The molecule has 5 N–H and O–H groups in total. The molecule has 72 valence electrons. The minimum atomic E-state index is -5.67. The lowest BCUT2D eigenvalue weighted by Gasteiger charge is -2.23. The Morgan fingerprint density at radius 2 is 1.83 bits per heavy atom. The molecular formula is C3H6FO7P. The summed E-state index contributed by atoms with van der Waals surface area (Å²) in [6, 6.07) is 0. The summed E-state index contributed by atoms with van der Waals surface area (Å²) in [5.41, 5.74) is 0. The van der Waals surface area contributed by atoms with Gasteiger partial charge in [-0.25, -0.2) is 9.18 Å². The fourth-order valence-corrected chi connectivity index (χ4v) is 0.892. The van der Waals surface area contributed by atoms with Crippen molar-refractivity contribution in [3.05, 3.63) is 0 Å². The molecule has 0 aromatic rings. The molecule has 2 atom stereocenters. The van der Waals surface area contributed by atoms with Gasteiger partial charge in [-0.3, -0.25) is 4.57 Å². The molecule has 0 aliphatic heterocycles. The lowest BCUT2D eigenvalue weighted by molar-refractivity contribution is -0.171. The fraction of sp³-hybridized carbons (Fsp3) is 0.667. The summed E-state index contributed by atoms with van der Waals surface area (Å²) in [6.45, 7) is 0. The van der Waals surface area contributed by atoms with Crippen LogP contribution in [0, 0.1) is 0 Å². The van der Waals surface area contributed by atoms with E-state index < -0.39 is 25.3 Å². The number of alkyl halides is 1. The number of hydrogen-bond acceptors (Lipinski definition) is 4. The molecule has 0 saturated heterocycles. The fourth-order valence-electron chi connectivity index (χ4n) is 0.365. The number of carbonyl (C=O) groups is 1. The molecule has 0 radical (unpaired) electrons. The summed E-state index contributed by atoms with van der Waals surface area (Å²) in [7, 11) is -5.67. The minimum absolute atomic E-state index is 2.54. The Labute approximate surface area is 65.2 Å². The zero-order valence-corrected chi connectivity index (χ0v) is 6.35. The molecule has 0 saturated carbocycles. The zero-order valence-electron chi connectivity index (χ0n) is 5.46. The van der Waals surface area contributed by atoms with Gasteiger partial charge in [-0.2, -0.15) is 0 Å². The lowest BCUT2D eigenvalue weighted by atomic mass is 10.3. The Kier molecular flexibility index (Phi) is 2.94. The molecule has 0 rings (SSSR count). The quantitative estimate of drug-likeness (QED) is 0.343. The number of carboxylic acid groups (broad SMARTS) is 1. The van der Waals surface area contributed by atoms with Gasteiger partial charge in [-0.15, -0.1) is 0 Å². The van der Waals surface area contributed by atoms with E-state index in [1.165, 1.54) is 0 Å². The van der Waals surface area contributed by atoms with E-state index in [0.717, 1.165) is 0 Å². The third kappa shape index (κ3) is 1.62. The lowest BCUT2D eigenvalue weighted by Crippen LogP contribution is -2.47. The number of carboxylic acids is 1. The molecule has 0 aromatic heterocycles. The summed E-state index contributed by atoms with van der Waals surface area (Å²) in [5.74, 6) is -2.54. The van der Waals surface area contributed by atoms with Crippen LogP contribution in [0.4, 0.5) is 4.39 Å². The summed E-state index contributed by atoms with van der Waals surface area (Å²) in [4.78, 5) is 26.3. The second-order valence-corrected chi connectivity index (χ2v) is 3.68. The third-order valence-corrected chi connectivity index (χ3v) is 2.38. The highest BCUT2D eigenvalue weighted by Crippen LogP contribution is 2.51. The highest BCUT2D eigenvalue weighted by atomic mass is 31.2. The number of aliphatic carboxylic acids is 1. The smallest absolute Gasteiger partial charge is 0.374 e. The molecule has 0 aliphatic carbocycles. The molecule has 9 heteroatoms. The SMILES string of the molecule is O=C(O)C(O)(C(O)F)P(=O)(O)O. The molecule has 7 nitrogen and oxygen atoms in total. The van der Waals surface area contributed by atoms with E-state index >= 15 is 0 Å². The molecule has 0 aromatic carbocycles. The van der Waals surface area contributed by atoms with Gasteiger partial charge in [0.1, 0.15) is 0 Å². The van der Waals surface area contributed by atoms with Crippen LogP contribution < -0.4 is 0 Å². The monoisotopic (exact) mass is 204 g/mol. The first-order valence-electron chi connectivity index (χ1n) is 2.47. The Morgan fingerprint density at radius 1 is 1.50 bits per heavy atom. The van der Waals surface area contributed by atoms with E-state index in [0.29, 0.717) is 0 Å². The number of rotatable bonds is 3. The van der Waals surface area contributed by atoms with Crippen LogP contribution in [0.25, 0.3) is 0 Å². The van der Waals surface area contributed by atoms with Crippen molar-refractivity contribution >= 4 is 13.6 Å². The minimum Gasteiger partial charge on any atom is -0.478 e. The molecule has 0 amide bonds. The van der Waals surface area contributed by atoms with E-state index in [2.05, 4.69) is 0 Å². The second kappa shape index (κ2) is 3.08. The molecule has 2 unspecified atom stereocenters. The molecular weight excluding hydrogens is 198 g/mol. The molecule has 0 aliphatic rings. The molecule has 12 heavy (non-hydrogen) atoms. The first-order valence-corrected chi connectivity index (χ1v) is 4.08. The average molecular weight is 204 g/mol. The maximum atomic E-state index is 11.9. The first-order chi connectivity index (χ1) is 5.14. The van der Waals surface area contributed by atoms with Crippen molar-refractivity contribution in [2.75, 3.05) is 0 Å². The van der Waals surface area contributed by atoms with Crippen molar-refractivity contribution in [1.82, 2.24) is 0 Å². The number of hydrogen-bond donors (Lipinski definition) is 5. The van der Waals surface area contributed by atoms with Crippen molar-refractivity contribution in [1.29, 1.82) is 0 Å². The van der Waals surface area contributed by atoms with Crippen molar-refractivity contribution in [3.63, 3.8) is 0 Å². The van der Waals surface area contributed by atoms with Crippen LogP contribution in [0.5, 0.6) is 0 Å². The Bertz CT molecular complexity index is 233. The van der Waals surface area contributed by atoms with E-state index in [1.807, 2.05) is 0 Å². The van der Waals surface area contributed by atoms with Crippen molar-refractivity contribution in [3.8, 4) is 0 Å². The van der Waals surface area contributed by atoms with Gasteiger partial charge in [-0.05, 0) is 0 Å². The van der Waals surface area contributed by atoms with E-state index in [4.69, 9.17) is 25.1 Å². The van der Waals surface area contributed by atoms with E-state index in [1.54, 1.807) is 0 Å². The van der Waals surface area contributed by atoms with E-state index in [-0.39, 0.29) is 0 Å². The van der Waals surface area contributed by atoms with Crippen molar-refractivity contribution in [2.45, 2.75) is 11.7 Å². The van der Waals surface area contributed by atoms with Crippen molar-refractivity contribution < 1.29 is 38.9 Å². The van der Waals surface area contributed by atoms with E-state index in [9.17, 15) is 13.8 Å². The molecule has 0 fully saturated rings. The predicted octanol–water partition coefficient (Wildman–Crippen LogP) is -1.77. The highest BCUT2D eigenvalue weighted by molar-refractivity contribution is 7.54. The standard InChI is InChI=1S/C3H6FO7P/c4-1(5)3(8,2(6)7)12(9,10)11/h1,5,8H,(H,6,7)(H2,9,10,11). The topological polar surface area (TPSA) is 135 Å².